The minimum absolute atomic E-state index is 0.0258. The van der Waals surface area contributed by atoms with E-state index in [1.54, 1.807) is 25.1 Å². The highest BCUT2D eigenvalue weighted by atomic mass is 32.2. The van der Waals surface area contributed by atoms with Crippen molar-refractivity contribution in [3.05, 3.63) is 89.0 Å². The molecule has 0 atom stereocenters. The fourth-order valence-electron chi connectivity index (χ4n) is 2.77. The zero-order valence-electron chi connectivity index (χ0n) is 16.6. The number of halogens is 3. The van der Waals surface area contributed by atoms with Crippen LogP contribution < -0.4 is 10.0 Å². The van der Waals surface area contributed by atoms with E-state index in [0.717, 1.165) is 17.7 Å². The van der Waals surface area contributed by atoms with E-state index in [4.69, 9.17) is 0 Å². The molecule has 0 aliphatic carbocycles. The van der Waals surface area contributed by atoms with Gasteiger partial charge < -0.3 is 5.32 Å². The first-order valence-corrected chi connectivity index (χ1v) is 10.6. The van der Waals surface area contributed by atoms with Gasteiger partial charge in [0, 0.05) is 11.3 Å². The monoisotopic (exact) mass is 448 g/mol. The summed E-state index contributed by atoms with van der Waals surface area (Å²) in [7, 11) is -3.88. The molecular formula is C22H19F3N2O3S. The summed E-state index contributed by atoms with van der Waals surface area (Å²) < 4.78 is 66.4. The molecule has 0 radical (unpaired) electrons. The largest absolute Gasteiger partial charge is 0.416 e. The molecule has 0 bridgehead atoms. The Morgan fingerprint density at radius 3 is 2.23 bits per heavy atom. The molecule has 0 aromatic heterocycles. The van der Waals surface area contributed by atoms with Crippen molar-refractivity contribution in [3.63, 3.8) is 0 Å². The van der Waals surface area contributed by atoms with Gasteiger partial charge in [0.25, 0.3) is 15.9 Å². The highest BCUT2D eigenvalue weighted by molar-refractivity contribution is 7.92. The van der Waals surface area contributed by atoms with Crippen molar-refractivity contribution in [2.45, 2.75) is 24.9 Å². The van der Waals surface area contributed by atoms with Gasteiger partial charge >= 0.3 is 6.18 Å². The standard InChI is InChI=1S/C22H19F3N2O3S/c1-14-6-10-19(11-7-14)31(29,30)27-20-12-16(9-8-15(20)2)21(28)26-18-5-3-4-17(13-18)22(23,24)25/h3-13,27H,1-2H3,(H,26,28). The third-order valence-corrected chi connectivity index (χ3v) is 5.90. The van der Waals surface area contributed by atoms with Crippen LogP contribution in [-0.2, 0) is 16.2 Å². The Bertz CT molecular complexity index is 1220. The smallest absolute Gasteiger partial charge is 0.322 e. The second kappa shape index (κ2) is 8.43. The van der Waals surface area contributed by atoms with Gasteiger partial charge in [-0.3, -0.25) is 9.52 Å². The first-order chi connectivity index (χ1) is 14.5. The van der Waals surface area contributed by atoms with Gasteiger partial charge in [-0.05, 0) is 61.9 Å². The number of sulfonamides is 1. The molecule has 5 nitrogen and oxygen atoms in total. The number of rotatable bonds is 5. The molecule has 0 saturated heterocycles. The number of nitrogens with one attached hydrogen (secondary N) is 2. The highest BCUT2D eigenvalue weighted by Crippen LogP contribution is 2.31. The highest BCUT2D eigenvalue weighted by Gasteiger charge is 2.30. The van der Waals surface area contributed by atoms with Crippen molar-refractivity contribution in [2.24, 2.45) is 0 Å². The minimum Gasteiger partial charge on any atom is -0.322 e. The molecule has 0 aliphatic heterocycles. The Morgan fingerprint density at radius 2 is 1.58 bits per heavy atom. The van der Waals surface area contributed by atoms with Crippen LogP contribution >= 0.6 is 0 Å². The average molecular weight is 448 g/mol. The summed E-state index contributed by atoms with van der Waals surface area (Å²) in [6, 6.07) is 14.9. The van der Waals surface area contributed by atoms with Crippen LogP contribution in [0.2, 0.25) is 0 Å². The summed E-state index contributed by atoms with van der Waals surface area (Å²) >= 11 is 0. The Balaban J connectivity index is 1.84. The summed E-state index contributed by atoms with van der Waals surface area (Å²) in [5.41, 5.74) is 0.847. The van der Waals surface area contributed by atoms with Gasteiger partial charge in [0.1, 0.15) is 0 Å². The molecule has 0 fully saturated rings. The van der Waals surface area contributed by atoms with Crippen molar-refractivity contribution in [2.75, 3.05) is 10.0 Å². The van der Waals surface area contributed by atoms with E-state index in [1.165, 1.54) is 36.4 Å². The minimum atomic E-state index is -4.54. The van der Waals surface area contributed by atoms with Crippen molar-refractivity contribution in [3.8, 4) is 0 Å². The van der Waals surface area contributed by atoms with E-state index in [9.17, 15) is 26.4 Å². The van der Waals surface area contributed by atoms with E-state index in [-0.39, 0.29) is 21.8 Å². The molecular weight excluding hydrogens is 429 g/mol. The predicted octanol–water partition coefficient (Wildman–Crippen LogP) is 5.38. The molecule has 1 amide bonds. The Morgan fingerprint density at radius 1 is 0.903 bits per heavy atom. The SMILES string of the molecule is Cc1ccc(S(=O)(=O)Nc2cc(C(=O)Nc3cccc(C(F)(F)F)c3)ccc2C)cc1. The summed E-state index contributed by atoms with van der Waals surface area (Å²) in [6.45, 7) is 3.50. The fourth-order valence-corrected chi connectivity index (χ4v) is 3.89. The third kappa shape index (κ3) is 5.43. The average Bonchev–Trinajstić information content (AvgIpc) is 2.69. The lowest BCUT2D eigenvalue weighted by Gasteiger charge is -2.13. The van der Waals surface area contributed by atoms with Crippen LogP contribution in [0, 0.1) is 13.8 Å². The lowest BCUT2D eigenvalue weighted by atomic mass is 10.1. The lowest BCUT2D eigenvalue weighted by molar-refractivity contribution is -0.137. The van der Waals surface area contributed by atoms with Gasteiger partial charge in [-0.2, -0.15) is 13.2 Å². The second-order valence-corrected chi connectivity index (χ2v) is 8.66. The first kappa shape index (κ1) is 22.4. The Hall–Kier alpha value is -3.33. The summed E-state index contributed by atoms with van der Waals surface area (Å²) in [6.07, 6.45) is -4.54. The van der Waals surface area contributed by atoms with Crippen molar-refractivity contribution < 1.29 is 26.4 Å². The normalized spacial score (nSPS) is 11.8. The van der Waals surface area contributed by atoms with Crippen molar-refractivity contribution in [1.29, 1.82) is 0 Å². The van der Waals surface area contributed by atoms with E-state index in [2.05, 4.69) is 10.0 Å². The molecule has 3 aromatic carbocycles. The van der Waals surface area contributed by atoms with Gasteiger partial charge in [-0.1, -0.05) is 29.8 Å². The molecule has 0 aliphatic rings. The maximum Gasteiger partial charge on any atom is 0.416 e. The molecule has 31 heavy (non-hydrogen) atoms. The number of carbonyl (C=O) groups excluding carboxylic acids is 1. The van der Waals surface area contributed by atoms with Crippen LogP contribution in [0.25, 0.3) is 0 Å². The molecule has 0 saturated carbocycles. The number of benzene rings is 3. The summed E-state index contributed by atoms with van der Waals surface area (Å²) in [5.74, 6) is -0.671. The number of carbonyl (C=O) groups is 1. The van der Waals surface area contributed by atoms with Crippen molar-refractivity contribution >= 4 is 27.3 Å². The summed E-state index contributed by atoms with van der Waals surface area (Å²) in [4.78, 5) is 12.6. The van der Waals surface area contributed by atoms with Gasteiger partial charge in [0.05, 0.1) is 16.1 Å². The molecule has 2 N–H and O–H groups in total. The summed E-state index contributed by atoms with van der Waals surface area (Å²) in [5, 5.41) is 2.40. The number of aryl methyl sites for hydroxylation is 2. The van der Waals surface area contributed by atoms with E-state index in [1.807, 2.05) is 6.92 Å². The topological polar surface area (TPSA) is 75.3 Å². The third-order valence-electron chi connectivity index (χ3n) is 4.52. The van der Waals surface area contributed by atoms with Crippen LogP contribution in [0.1, 0.15) is 27.0 Å². The second-order valence-electron chi connectivity index (χ2n) is 6.98. The van der Waals surface area contributed by atoms with Gasteiger partial charge in [0.2, 0.25) is 0 Å². The van der Waals surface area contributed by atoms with Crippen LogP contribution in [0.15, 0.2) is 71.6 Å². The van der Waals surface area contributed by atoms with Gasteiger partial charge in [-0.25, -0.2) is 8.42 Å². The van der Waals surface area contributed by atoms with Gasteiger partial charge in [0.15, 0.2) is 0 Å². The predicted molar refractivity (Wildman–Crippen MR) is 113 cm³/mol. The maximum atomic E-state index is 12.9. The van der Waals surface area contributed by atoms with Crippen molar-refractivity contribution in [1.82, 2.24) is 0 Å². The number of hydrogen-bond donors (Lipinski definition) is 2. The van der Waals surface area contributed by atoms with E-state index < -0.39 is 27.7 Å². The van der Waals surface area contributed by atoms with Crippen LogP contribution in [0.5, 0.6) is 0 Å². The number of hydrogen-bond acceptors (Lipinski definition) is 3. The molecule has 0 unspecified atom stereocenters. The Labute approximate surface area is 178 Å². The Kier molecular flexibility index (Phi) is 6.08. The quantitative estimate of drug-likeness (QED) is 0.551. The molecule has 0 spiro atoms. The number of anilines is 2. The van der Waals surface area contributed by atoms with E-state index in [0.29, 0.717) is 5.56 Å². The van der Waals surface area contributed by atoms with E-state index >= 15 is 0 Å². The zero-order valence-corrected chi connectivity index (χ0v) is 17.4. The zero-order chi connectivity index (χ0) is 22.8. The first-order valence-electron chi connectivity index (χ1n) is 9.14. The van der Waals surface area contributed by atoms with Crippen LogP contribution in [0.3, 0.4) is 0 Å². The van der Waals surface area contributed by atoms with Crippen LogP contribution in [0.4, 0.5) is 24.5 Å². The molecule has 3 rings (SSSR count). The lowest BCUT2D eigenvalue weighted by Crippen LogP contribution is -2.16. The fraction of sp³-hybridized carbons (Fsp3) is 0.136. The maximum absolute atomic E-state index is 12.9. The molecule has 3 aromatic rings. The number of amides is 1. The molecule has 0 heterocycles. The van der Waals surface area contributed by atoms with Gasteiger partial charge in [-0.15, -0.1) is 0 Å². The number of alkyl halides is 3. The molecule has 9 heteroatoms. The van der Waals surface area contributed by atoms with Crippen LogP contribution in [-0.4, -0.2) is 14.3 Å². The molecule has 162 valence electrons.